The van der Waals surface area contributed by atoms with Gasteiger partial charge in [-0.05, 0) is 20.3 Å². The van der Waals surface area contributed by atoms with Crippen molar-refractivity contribution in [3.05, 3.63) is 12.2 Å². The first-order chi connectivity index (χ1) is 6.10. The van der Waals surface area contributed by atoms with E-state index >= 15 is 0 Å². The number of allylic oxidation sites excluding steroid dienone is 1. The third kappa shape index (κ3) is 3.59. The molecule has 0 aliphatic heterocycles. The third-order valence-electron chi connectivity index (χ3n) is 2.06. The summed E-state index contributed by atoms with van der Waals surface area (Å²) in [4.78, 5) is 11.5. The Morgan fingerprint density at radius 1 is 1.62 bits per heavy atom. The maximum absolute atomic E-state index is 11.5. The van der Waals surface area contributed by atoms with Crippen LogP contribution in [-0.2, 0) is 9.53 Å². The normalized spacial score (nSPS) is 15.7. The minimum Gasteiger partial charge on any atom is -0.463 e. The molecule has 0 saturated carbocycles. The minimum atomic E-state index is -0.552. The van der Waals surface area contributed by atoms with Gasteiger partial charge in [-0.1, -0.05) is 19.1 Å². The minimum absolute atomic E-state index is 0.0754. The fourth-order valence-corrected chi connectivity index (χ4v) is 1.00. The molecule has 1 unspecified atom stereocenters. The third-order valence-corrected chi connectivity index (χ3v) is 2.06. The molecular weight excluding hydrogens is 168 g/mol. The van der Waals surface area contributed by atoms with Crippen LogP contribution in [0.1, 0.15) is 27.2 Å². The van der Waals surface area contributed by atoms with Crippen LogP contribution in [0.25, 0.3) is 0 Å². The van der Waals surface area contributed by atoms with Crippen LogP contribution in [0, 0.1) is 5.41 Å². The van der Waals surface area contributed by atoms with E-state index in [0.29, 0.717) is 6.42 Å². The number of ether oxygens (including phenoxy) is 1. The average molecular weight is 186 g/mol. The molecule has 0 saturated heterocycles. The number of aliphatic hydroxyl groups excluding tert-OH is 1. The maximum atomic E-state index is 11.5. The Balaban J connectivity index is 4.29. The molecule has 0 aliphatic rings. The molecule has 1 atom stereocenters. The van der Waals surface area contributed by atoms with Crippen molar-refractivity contribution in [1.82, 2.24) is 0 Å². The molecule has 0 fully saturated rings. The molecule has 3 heteroatoms. The molecule has 0 aromatic carbocycles. The van der Waals surface area contributed by atoms with Crippen LogP contribution < -0.4 is 0 Å². The predicted octanol–water partition coefficient (Wildman–Crippen LogP) is 1.51. The highest BCUT2D eigenvalue weighted by atomic mass is 16.5. The van der Waals surface area contributed by atoms with Gasteiger partial charge in [0.05, 0.1) is 12.0 Å². The molecule has 0 bridgehead atoms. The fourth-order valence-electron chi connectivity index (χ4n) is 1.00. The van der Waals surface area contributed by atoms with Crippen LogP contribution in [0.4, 0.5) is 0 Å². The molecule has 76 valence electrons. The van der Waals surface area contributed by atoms with Crippen molar-refractivity contribution in [2.75, 3.05) is 13.2 Å². The monoisotopic (exact) mass is 186 g/mol. The lowest BCUT2D eigenvalue weighted by atomic mass is 9.87. The lowest BCUT2D eigenvalue weighted by molar-refractivity contribution is -0.153. The summed E-state index contributed by atoms with van der Waals surface area (Å²) in [5.74, 6) is -0.276. The second-order valence-electron chi connectivity index (χ2n) is 3.13. The van der Waals surface area contributed by atoms with Crippen molar-refractivity contribution in [3.63, 3.8) is 0 Å². The largest absolute Gasteiger partial charge is 0.463 e. The van der Waals surface area contributed by atoms with E-state index in [9.17, 15) is 4.79 Å². The van der Waals surface area contributed by atoms with E-state index < -0.39 is 5.41 Å². The molecule has 3 nitrogen and oxygen atoms in total. The Morgan fingerprint density at radius 3 is 2.62 bits per heavy atom. The van der Waals surface area contributed by atoms with Crippen LogP contribution in [0.5, 0.6) is 0 Å². The fraction of sp³-hybridized carbons (Fsp3) is 0.700. The molecular formula is C10H18O3. The van der Waals surface area contributed by atoms with Gasteiger partial charge in [-0.15, -0.1) is 0 Å². The summed E-state index contributed by atoms with van der Waals surface area (Å²) < 4.78 is 4.86. The maximum Gasteiger partial charge on any atom is 0.315 e. The van der Waals surface area contributed by atoms with Crippen molar-refractivity contribution in [2.24, 2.45) is 5.41 Å². The molecule has 0 amide bonds. The summed E-state index contributed by atoms with van der Waals surface area (Å²) in [7, 11) is 0. The first-order valence-corrected chi connectivity index (χ1v) is 4.52. The Kier molecular flexibility index (Phi) is 5.39. The topological polar surface area (TPSA) is 46.5 Å². The quantitative estimate of drug-likeness (QED) is 0.523. The SMILES string of the molecule is C/C=C/C(C)(CC)C(=O)OCCO. The van der Waals surface area contributed by atoms with E-state index in [0.717, 1.165) is 0 Å². The molecule has 0 aromatic heterocycles. The summed E-state index contributed by atoms with van der Waals surface area (Å²) in [5, 5.41) is 8.49. The molecule has 0 aromatic rings. The van der Waals surface area contributed by atoms with E-state index in [-0.39, 0.29) is 19.2 Å². The van der Waals surface area contributed by atoms with E-state index in [2.05, 4.69) is 0 Å². The Hall–Kier alpha value is -0.830. The number of esters is 1. The molecule has 1 N–H and O–H groups in total. The second-order valence-corrected chi connectivity index (χ2v) is 3.13. The van der Waals surface area contributed by atoms with Crippen LogP contribution in [0.3, 0.4) is 0 Å². The van der Waals surface area contributed by atoms with Crippen molar-refractivity contribution in [3.8, 4) is 0 Å². The first kappa shape index (κ1) is 12.2. The smallest absolute Gasteiger partial charge is 0.315 e. The van der Waals surface area contributed by atoms with Gasteiger partial charge < -0.3 is 9.84 Å². The van der Waals surface area contributed by atoms with Crippen molar-refractivity contribution in [2.45, 2.75) is 27.2 Å². The predicted molar refractivity (Wildman–Crippen MR) is 51.3 cm³/mol. The highest BCUT2D eigenvalue weighted by Crippen LogP contribution is 2.24. The van der Waals surface area contributed by atoms with E-state index in [1.54, 1.807) is 0 Å². The van der Waals surface area contributed by atoms with Crippen LogP contribution in [0.15, 0.2) is 12.2 Å². The second kappa shape index (κ2) is 5.75. The van der Waals surface area contributed by atoms with Crippen molar-refractivity contribution >= 4 is 5.97 Å². The summed E-state index contributed by atoms with van der Waals surface area (Å²) in [6.45, 7) is 5.58. The van der Waals surface area contributed by atoms with Crippen molar-refractivity contribution in [1.29, 1.82) is 0 Å². The zero-order valence-corrected chi connectivity index (χ0v) is 8.54. The highest BCUT2D eigenvalue weighted by molar-refractivity contribution is 5.78. The van der Waals surface area contributed by atoms with Gasteiger partial charge in [0.15, 0.2) is 0 Å². The van der Waals surface area contributed by atoms with Gasteiger partial charge in [0.1, 0.15) is 6.61 Å². The van der Waals surface area contributed by atoms with Gasteiger partial charge in [-0.25, -0.2) is 0 Å². The molecule has 0 heterocycles. The number of hydrogen-bond acceptors (Lipinski definition) is 3. The van der Waals surface area contributed by atoms with E-state index in [1.807, 2.05) is 32.9 Å². The van der Waals surface area contributed by atoms with Gasteiger partial charge in [0, 0.05) is 0 Å². The van der Waals surface area contributed by atoms with Gasteiger partial charge in [-0.2, -0.15) is 0 Å². The van der Waals surface area contributed by atoms with E-state index in [4.69, 9.17) is 9.84 Å². The molecule has 13 heavy (non-hydrogen) atoms. The lowest BCUT2D eigenvalue weighted by Gasteiger charge is -2.21. The Bertz CT molecular complexity index is 187. The Morgan fingerprint density at radius 2 is 2.23 bits per heavy atom. The summed E-state index contributed by atoms with van der Waals surface area (Å²) in [6, 6.07) is 0. The van der Waals surface area contributed by atoms with Crippen LogP contribution in [0.2, 0.25) is 0 Å². The number of carbonyl (C=O) groups is 1. The molecule has 0 radical (unpaired) electrons. The highest BCUT2D eigenvalue weighted by Gasteiger charge is 2.29. The van der Waals surface area contributed by atoms with Crippen molar-refractivity contribution < 1.29 is 14.6 Å². The number of carbonyl (C=O) groups excluding carboxylic acids is 1. The molecule has 0 aliphatic carbocycles. The van der Waals surface area contributed by atoms with Gasteiger partial charge in [0.25, 0.3) is 0 Å². The van der Waals surface area contributed by atoms with Crippen LogP contribution in [-0.4, -0.2) is 24.3 Å². The number of aliphatic hydroxyl groups is 1. The number of rotatable bonds is 5. The average Bonchev–Trinajstić information content (AvgIpc) is 2.14. The van der Waals surface area contributed by atoms with Crippen LogP contribution >= 0.6 is 0 Å². The summed E-state index contributed by atoms with van der Waals surface area (Å²) in [6.07, 6.45) is 4.36. The first-order valence-electron chi connectivity index (χ1n) is 4.52. The number of hydrogen-bond donors (Lipinski definition) is 1. The molecule has 0 rings (SSSR count). The summed E-state index contributed by atoms with van der Waals surface area (Å²) >= 11 is 0. The lowest BCUT2D eigenvalue weighted by Crippen LogP contribution is -2.28. The summed E-state index contributed by atoms with van der Waals surface area (Å²) in [5.41, 5.74) is -0.552. The molecule has 0 spiro atoms. The zero-order chi connectivity index (χ0) is 10.3. The zero-order valence-electron chi connectivity index (χ0n) is 8.54. The Labute approximate surface area is 79.4 Å². The standard InChI is InChI=1S/C10H18O3/c1-4-6-10(3,5-2)9(12)13-8-7-11/h4,6,11H,5,7-8H2,1-3H3/b6-4+. The van der Waals surface area contributed by atoms with Gasteiger partial charge in [-0.3, -0.25) is 4.79 Å². The van der Waals surface area contributed by atoms with Gasteiger partial charge >= 0.3 is 5.97 Å². The van der Waals surface area contributed by atoms with Gasteiger partial charge in [0.2, 0.25) is 0 Å². The van der Waals surface area contributed by atoms with E-state index in [1.165, 1.54) is 0 Å².